The highest BCUT2D eigenvalue weighted by molar-refractivity contribution is 5.92. The number of benzene rings is 2. The second kappa shape index (κ2) is 9.26. The number of carbonyl (C=O) groups is 1. The van der Waals surface area contributed by atoms with Gasteiger partial charge < -0.3 is 14.5 Å². The van der Waals surface area contributed by atoms with E-state index >= 15 is 0 Å². The first-order valence-electron chi connectivity index (χ1n) is 10.6. The van der Waals surface area contributed by atoms with Gasteiger partial charge in [0.2, 0.25) is 5.91 Å². The van der Waals surface area contributed by atoms with Crippen molar-refractivity contribution in [3.05, 3.63) is 77.4 Å². The zero-order chi connectivity index (χ0) is 22.7. The first kappa shape index (κ1) is 21.6. The van der Waals surface area contributed by atoms with Crippen LogP contribution < -0.4 is 9.64 Å². The number of methoxy groups -OCH3 is 1. The van der Waals surface area contributed by atoms with E-state index < -0.39 is 0 Å². The number of aryl methyl sites for hydroxylation is 1. The number of hydrogen-bond donors (Lipinski definition) is 0. The minimum Gasteiger partial charge on any atom is -0.497 e. The minimum atomic E-state index is -0.284. The van der Waals surface area contributed by atoms with Gasteiger partial charge in [0, 0.05) is 49.2 Å². The van der Waals surface area contributed by atoms with E-state index in [0.717, 1.165) is 47.2 Å². The molecule has 1 saturated heterocycles. The molecule has 1 amide bonds. The fourth-order valence-corrected chi connectivity index (χ4v) is 3.97. The molecule has 6 nitrogen and oxygen atoms in total. The van der Waals surface area contributed by atoms with Crippen molar-refractivity contribution in [3.63, 3.8) is 0 Å². The summed E-state index contributed by atoms with van der Waals surface area (Å²) in [6.07, 6.45) is 3.45. The van der Waals surface area contributed by atoms with Crippen molar-refractivity contribution in [2.75, 3.05) is 38.2 Å². The maximum atomic E-state index is 13.2. The molecule has 166 valence electrons. The van der Waals surface area contributed by atoms with Gasteiger partial charge in [-0.05, 0) is 68.5 Å². The van der Waals surface area contributed by atoms with Crippen LogP contribution in [0.15, 0.2) is 54.6 Å². The Morgan fingerprint density at radius 2 is 1.59 bits per heavy atom. The van der Waals surface area contributed by atoms with Crippen LogP contribution in [0, 0.1) is 19.7 Å². The van der Waals surface area contributed by atoms with Crippen molar-refractivity contribution in [2.45, 2.75) is 13.8 Å². The van der Waals surface area contributed by atoms with Crippen LogP contribution in [0.1, 0.15) is 17.0 Å². The third-order valence-corrected chi connectivity index (χ3v) is 5.84. The molecule has 32 heavy (non-hydrogen) atoms. The summed E-state index contributed by atoms with van der Waals surface area (Å²) in [4.78, 5) is 16.9. The lowest BCUT2D eigenvalue weighted by atomic mass is 10.1. The monoisotopic (exact) mass is 434 g/mol. The predicted octanol–water partition coefficient (Wildman–Crippen LogP) is 4.00. The SMILES string of the molecule is COc1ccc(N2CCN(C(=O)/C=C/c3c(C)nn(-c4ccc(F)cc4)c3C)CC2)cc1. The smallest absolute Gasteiger partial charge is 0.246 e. The highest BCUT2D eigenvalue weighted by Gasteiger charge is 2.20. The van der Waals surface area contributed by atoms with E-state index in [1.807, 2.05) is 49.1 Å². The van der Waals surface area contributed by atoms with Crippen molar-refractivity contribution in [2.24, 2.45) is 0 Å². The van der Waals surface area contributed by atoms with Crippen molar-refractivity contribution in [1.29, 1.82) is 0 Å². The molecule has 1 fully saturated rings. The predicted molar refractivity (Wildman–Crippen MR) is 124 cm³/mol. The van der Waals surface area contributed by atoms with Crippen molar-refractivity contribution in [1.82, 2.24) is 14.7 Å². The molecule has 0 atom stereocenters. The number of halogens is 1. The number of amides is 1. The number of carbonyl (C=O) groups excluding carboxylic acids is 1. The van der Waals surface area contributed by atoms with Crippen LogP contribution in [-0.2, 0) is 4.79 Å². The van der Waals surface area contributed by atoms with Crippen molar-refractivity contribution >= 4 is 17.7 Å². The van der Waals surface area contributed by atoms with Crippen LogP contribution in [0.3, 0.4) is 0 Å². The van der Waals surface area contributed by atoms with Crippen LogP contribution in [0.25, 0.3) is 11.8 Å². The molecule has 0 unspecified atom stereocenters. The van der Waals surface area contributed by atoms with E-state index in [-0.39, 0.29) is 11.7 Å². The molecule has 2 heterocycles. The quantitative estimate of drug-likeness (QED) is 0.570. The van der Waals surface area contributed by atoms with Gasteiger partial charge in [-0.2, -0.15) is 5.10 Å². The summed E-state index contributed by atoms with van der Waals surface area (Å²) < 4.78 is 20.2. The zero-order valence-corrected chi connectivity index (χ0v) is 18.6. The molecule has 3 aromatic rings. The lowest BCUT2D eigenvalue weighted by Crippen LogP contribution is -2.48. The van der Waals surface area contributed by atoms with Gasteiger partial charge in [0.05, 0.1) is 18.5 Å². The second-order valence-electron chi connectivity index (χ2n) is 7.82. The summed E-state index contributed by atoms with van der Waals surface area (Å²) >= 11 is 0. The molecular weight excluding hydrogens is 407 g/mol. The molecule has 0 aliphatic carbocycles. The van der Waals surface area contributed by atoms with Gasteiger partial charge in [0.25, 0.3) is 0 Å². The van der Waals surface area contributed by atoms with E-state index in [2.05, 4.69) is 10.00 Å². The summed E-state index contributed by atoms with van der Waals surface area (Å²) in [6, 6.07) is 14.2. The van der Waals surface area contributed by atoms with Crippen LogP contribution in [0.2, 0.25) is 0 Å². The second-order valence-corrected chi connectivity index (χ2v) is 7.82. The van der Waals surface area contributed by atoms with Crippen LogP contribution in [0.5, 0.6) is 5.75 Å². The van der Waals surface area contributed by atoms with Gasteiger partial charge >= 0.3 is 0 Å². The Balaban J connectivity index is 1.40. The van der Waals surface area contributed by atoms with Gasteiger partial charge in [-0.1, -0.05) is 0 Å². The third kappa shape index (κ3) is 4.51. The zero-order valence-electron chi connectivity index (χ0n) is 18.6. The molecule has 7 heteroatoms. The van der Waals surface area contributed by atoms with Crippen LogP contribution in [-0.4, -0.2) is 53.9 Å². The van der Waals surface area contributed by atoms with Gasteiger partial charge in [-0.3, -0.25) is 4.79 Å². The number of anilines is 1. The van der Waals surface area contributed by atoms with Crippen molar-refractivity contribution in [3.8, 4) is 11.4 Å². The van der Waals surface area contributed by atoms with E-state index in [1.54, 1.807) is 30.0 Å². The maximum Gasteiger partial charge on any atom is 0.246 e. The summed E-state index contributed by atoms with van der Waals surface area (Å²) in [7, 11) is 1.66. The van der Waals surface area contributed by atoms with E-state index in [0.29, 0.717) is 13.1 Å². The number of rotatable bonds is 5. The highest BCUT2D eigenvalue weighted by atomic mass is 19.1. The summed E-state index contributed by atoms with van der Waals surface area (Å²) in [5.74, 6) is 0.543. The average Bonchev–Trinajstić information content (AvgIpc) is 3.11. The van der Waals surface area contributed by atoms with Gasteiger partial charge in [0.15, 0.2) is 0 Å². The minimum absolute atomic E-state index is 0.00675. The van der Waals surface area contributed by atoms with Crippen LogP contribution in [0.4, 0.5) is 10.1 Å². The Bertz CT molecular complexity index is 1110. The molecule has 0 spiro atoms. The molecule has 2 aromatic carbocycles. The number of hydrogen-bond acceptors (Lipinski definition) is 4. The topological polar surface area (TPSA) is 50.6 Å². The standard InChI is InChI=1S/C25H27FN4O2/c1-18-24(19(2)30(27-18)22-6-4-20(26)5-7-22)12-13-25(31)29-16-14-28(15-17-29)21-8-10-23(32-3)11-9-21/h4-13H,14-17H2,1-3H3/b13-12+. The first-order valence-corrected chi connectivity index (χ1v) is 10.6. The van der Waals surface area contributed by atoms with Gasteiger partial charge in [-0.25, -0.2) is 9.07 Å². The van der Waals surface area contributed by atoms with E-state index in [9.17, 15) is 9.18 Å². The normalized spacial score (nSPS) is 14.2. The number of aromatic nitrogens is 2. The fraction of sp³-hybridized carbons (Fsp3) is 0.280. The largest absolute Gasteiger partial charge is 0.497 e. The third-order valence-electron chi connectivity index (χ3n) is 5.84. The molecule has 0 radical (unpaired) electrons. The van der Waals surface area contributed by atoms with E-state index in [1.165, 1.54) is 12.1 Å². The molecule has 4 rings (SSSR count). The Labute approximate surface area is 187 Å². The Hall–Kier alpha value is -3.61. The summed E-state index contributed by atoms with van der Waals surface area (Å²) in [6.45, 7) is 6.76. The Morgan fingerprint density at radius 1 is 0.969 bits per heavy atom. The lowest BCUT2D eigenvalue weighted by Gasteiger charge is -2.35. The summed E-state index contributed by atoms with van der Waals surface area (Å²) in [5, 5.41) is 4.56. The molecular formula is C25H27FN4O2. The van der Waals surface area contributed by atoms with Gasteiger partial charge in [-0.15, -0.1) is 0 Å². The average molecular weight is 435 g/mol. The number of piperazine rings is 1. The maximum absolute atomic E-state index is 13.2. The van der Waals surface area contributed by atoms with Crippen LogP contribution >= 0.6 is 0 Å². The molecule has 0 N–H and O–H groups in total. The molecule has 0 saturated carbocycles. The Morgan fingerprint density at radius 3 is 2.22 bits per heavy atom. The van der Waals surface area contributed by atoms with E-state index in [4.69, 9.17) is 4.74 Å². The number of nitrogens with zero attached hydrogens (tertiary/aromatic N) is 4. The van der Waals surface area contributed by atoms with Crippen molar-refractivity contribution < 1.29 is 13.9 Å². The lowest BCUT2D eigenvalue weighted by molar-refractivity contribution is -0.126. The molecule has 1 aromatic heterocycles. The summed E-state index contributed by atoms with van der Waals surface area (Å²) in [5.41, 5.74) is 4.54. The fourth-order valence-electron chi connectivity index (χ4n) is 3.97. The van der Waals surface area contributed by atoms with Gasteiger partial charge in [0.1, 0.15) is 11.6 Å². The molecule has 0 bridgehead atoms. The number of ether oxygens (including phenoxy) is 1. The molecule has 1 aliphatic heterocycles. The first-order chi connectivity index (χ1) is 15.5. The molecule has 1 aliphatic rings. The highest BCUT2D eigenvalue weighted by Crippen LogP contribution is 2.22. The Kier molecular flexibility index (Phi) is 6.25.